The molecule has 0 aliphatic carbocycles. The van der Waals surface area contributed by atoms with Crippen LogP contribution in [0.4, 0.5) is 0 Å². The molecule has 2 nitrogen and oxygen atoms in total. The van der Waals surface area contributed by atoms with Crippen LogP contribution in [0.25, 0.3) is 5.70 Å². The molecule has 1 amide bonds. The third-order valence-electron chi connectivity index (χ3n) is 2.13. The van der Waals surface area contributed by atoms with Gasteiger partial charge in [-0.15, -0.1) is 0 Å². The van der Waals surface area contributed by atoms with Crippen molar-refractivity contribution in [1.82, 2.24) is 5.32 Å². The molecule has 2 heteroatoms. The van der Waals surface area contributed by atoms with E-state index in [2.05, 4.69) is 5.32 Å². The van der Waals surface area contributed by atoms with E-state index in [1.165, 1.54) is 5.56 Å². The van der Waals surface area contributed by atoms with E-state index in [1.807, 2.05) is 51.1 Å². The molecule has 2 rings (SSSR count). The molecule has 1 aromatic carbocycles. The predicted molar refractivity (Wildman–Crippen MR) is 63.3 cm³/mol. The first kappa shape index (κ1) is 11.5. The van der Waals surface area contributed by atoms with Crippen molar-refractivity contribution in [2.75, 3.05) is 0 Å². The molecule has 1 aliphatic heterocycles. The van der Waals surface area contributed by atoms with Crippen LogP contribution in [0, 0.1) is 6.92 Å². The lowest BCUT2D eigenvalue weighted by Crippen LogP contribution is -2.13. The van der Waals surface area contributed by atoms with Crippen LogP contribution in [0.1, 0.15) is 31.4 Å². The molecule has 0 saturated heterocycles. The fourth-order valence-electron chi connectivity index (χ4n) is 1.37. The minimum atomic E-state index is 0.0792. The Morgan fingerprint density at radius 1 is 1.13 bits per heavy atom. The Bertz CT molecular complexity index is 363. The first-order valence-corrected chi connectivity index (χ1v) is 5.33. The van der Waals surface area contributed by atoms with Gasteiger partial charge in [0.2, 0.25) is 5.91 Å². The quantitative estimate of drug-likeness (QED) is 0.747. The van der Waals surface area contributed by atoms with E-state index < -0.39 is 0 Å². The summed E-state index contributed by atoms with van der Waals surface area (Å²) < 4.78 is 0. The fourth-order valence-corrected chi connectivity index (χ4v) is 1.37. The largest absolute Gasteiger partial charge is 0.326 e. The number of carbonyl (C=O) groups is 1. The van der Waals surface area contributed by atoms with Crippen molar-refractivity contribution >= 4 is 11.6 Å². The molecule has 1 aromatic rings. The van der Waals surface area contributed by atoms with Crippen LogP contribution < -0.4 is 5.32 Å². The third-order valence-corrected chi connectivity index (χ3v) is 2.13. The second-order valence-corrected chi connectivity index (χ2v) is 3.24. The average Bonchev–Trinajstić information content (AvgIpc) is 2.69. The minimum Gasteiger partial charge on any atom is -0.326 e. The molecule has 80 valence electrons. The Kier molecular flexibility index (Phi) is 4.10. The molecule has 0 atom stereocenters. The van der Waals surface area contributed by atoms with Crippen LogP contribution in [0.3, 0.4) is 0 Å². The molecule has 1 N–H and O–H groups in total. The first-order valence-electron chi connectivity index (χ1n) is 5.33. The Hall–Kier alpha value is -1.57. The smallest absolute Gasteiger partial charge is 0.228 e. The van der Waals surface area contributed by atoms with E-state index in [1.54, 1.807) is 0 Å². The van der Waals surface area contributed by atoms with Gasteiger partial charge in [-0.3, -0.25) is 4.79 Å². The summed E-state index contributed by atoms with van der Waals surface area (Å²) >= 11 is 0. The topological polar surface area (TPSA) is 29.1 Å². The van der Waals surface area contributed by atoms with Crippen molar-refractivity contribution in [1.29, 1.82) is 0 Å². The number of hydrogen-bond donors (Lipinski definition) is 1. The Morgan fingerprint density at radius 3 is 2.20 bits per heavy atom. The highest BCUT2D eigenvalue weighted by molar-refractivity contribution is 5.93. The van der Waals surface area contributed by atoms with Crippen LogP contribution in [-0.2, 0) is 4.79 Å². The van der Waals surface area contributed by atoms with Gasteiger partial charge in [-0.1, -0.05) is 49.8 Å². The average molecular weight is 203 g/mol. The highest BCUT2D eigenvalue weighted by atomic mass is 16.1. The van der Waals surface area contributed by atoms with Gasteiger partial charge in [0.1, 0.15) is 0 Å². The van der Waals surface area contributed by atoms with Crippen molar-refractivity contribution in [3.05, 3.63) is 41.5 Å². The number of hydrogen-bond acceptors (Lipinski definition) is 1. The summed E-state index contributed by atoms with van der Waals surface area (Å²) in [5.74, 6) is 0.0792. The summed E-state index contributed by atoms with van der Waals surface area (Å²) in [6.45, 7) is 6.05. The van der Waals surface area contributed by atoms with Crippen LogP contribution in [0.2, 0.25) is 0 Å². The third kappa shape index (κ3) is 2.94. The van der Waals surface area contributed by atoms with Crippen molar-refractivity contribution in [2.24, 2.45) is 0 Å². The van der Waals surface area contributed by atoms with Gasteiger partial charge >= 0.3 is 0 Å². The van der Waals surface area contributed by atoms with Crippen LogP contribution in [0.15, 0.2) is 30.3 Å². The van der Waals surface area contributed by atoms with Gasteiger partial charge in [0.25, 0.3) is 0 Å². The summed E-state index contributed by atoms with van der Waals surface area (Å²) in [4.78, 5) is 10.9. The summed E-state index contributed by atoms with van der Waals surface area (Å²) in [6, 6.07) is 8.13. The number of carbonyl (C=O) groups excluding carboxylic acids is 1. The highest BCUT2D eigenvalue weighted by Crippen LogP contribution is 2.16. The van der Waals surface area contributed by atoms with E-state index in [-0.39, 0.29) is 5.91 Å². The number of nitrogens with one attached hydrogen (secondary N) is 1. The molecule has 0 bridgehead atoms. The highest BCUT2D eigenvalue weighted by Gasteiger charge is 2.12. The van der Waals surface area contributed by atoms with Crippen LogP contribution >= 0.6 is 0 Å². The SMILES string of the molecule is CC.Cc1ccc(C2=CCC(=O)N2)cc1. The fraction of sp³-hybridized carbons (Fsp3) is 0.308. The molecule has 1 aliphatic rings. The van der Waals surface area contributed by atoms with Crippen LogP contribution in [-0.4, -0.2) is 5.91 Å². The zero-order valence-electron chi connectivity index (χ0n) is 9.50. The molecule has 15 heavy (non-hydrogen) atoms. The molecule has 0 fully saturated rings. The van der Waals surface area contributed by atoms with Gasteiger partial charge < -0.3 is 5.32 Å². The first-order chi connectivity index (χ1) is 7.25. The van der Waals surface area contributed by atoms with Gasteiger partial charge in [0.05, 0.1) is 0 Å². The van der Waals surface area contributed by atoms with Gasteiger partial charge in [0, 0.05) is 12.1 Å². The molecule has 1 heterocycles. The van der Waals surface area contributed by atoms with Crippen molar-refractivity contribution in [2.45, 2.75) is 27.2 Å². The predicted octanol–water partition coefficient (Wildman–Crippen LogP) is 2.88. The number of rotatable bonds is 1. The Morgan fingerprint density at radius 2 is 1.73 bits per heavy atom. The molecule has 0 aromatic heterocycles. The van der Waals surface area contributed by atoms with Crippen molar-refractivity contribution < 1.29 is 4.79 Å². The number of amides is 1. The van der Waals surface area contributed by atoms with E-state index in [9.17, 15) is 4.79 Å². The van der Waals surface area contributed by atoms with E-state index >= 15 is 0 Å². The van der Waals surface area contributed by atoms with Crippen LogP contribution in [0.5, 0.6) is 0 Å². The maximum Gasteiger partial charge on any atom is 0.228 e. The number of aryl methyl sites for hydroxylation is 1. The van der Waals surface area contributed by atoms with E-state index in [4.69, 9.17) is 0 Å². The molecular formula is C13H17NO. The molecular weight excluding hydrogens is 186 g/mol. The Labute approximate surface area is 91.0 Å². The second kappa shape index (κ2) is 5.35. The number of benzene rings is 1. The summed E-state index contributed by atoms with van der Waals surface area (Å²) in [6.07, 6.45) is 2.43. The summed E-state index contributed by atoms with van der Waals surface area (Å²) in [7, 11) is 0. The lowest BCUT2D eigenvalue weighted by molar-refractivity contribution is -0.118. The van der Waals surface area contributed by atoms with Gasteiger partial charge in [0.15, 0.2) is 0 Å². The Balaban J connectivity index is 0.000000531. The van der Waals surface area contributed by atoms with E-state index in [0.29, 0.717) is 6.42 Å². The van der Waals surface area contributed by atoms with Gasteiger partial charge in [-0.25, -0.2) is 0 Å². The van der Waals surface area contributed by atoms with E-state index in [0.717, 1.165) is 11.3 Å². The molecule has 0 unspecified atom stereocenters. The zero-order valence-corrected chi connectivity index (χ0v) is 9.50. The van der Waals surface area contributed by atoms with Gasteiger partial charge in [-0.05, 0) is 12.5 Å². The second-order valence-electron chi connectivity index (χ2n) is 3.24. The lowest BCUT2D eigenvalue weighted by Gasteiger charge is -2.02. The van der Waals surface area contributed by atoms with Crippen molar-refractivity contribution in [3.8, 4) is 0 Å². The molecule has 0 saturated carbocycles. The summed E-state index contributed by atoms with van der Waals surface area (Å²) in [5, 5.41) is 2.81. The molecule has 0 radical (unpaired) electrons. The normalized spacial score (nSPS) is 13.8. The maximum absolute atomic E-state index is 10.9. The summed E-state index contributed by atoms with van der Waals surface area (Å²) in [5.41, 5.74) is 3.25. The van der Waals surface area contributed by atoms with Gasteiger partial charge in [-0.2, -0.15) is 0 Å². The monoisotopic (exact) mass is 203 g/mol. The maximum atomic E-state index is 10.9. The van der Waals surface area contributed by atoms with Crippen molar-refractivity contribution in [3.63, 3.8) is 0 Å². The lowest BCUT2D eigenvalue weighted by atomic mass is 10.1. The molecule has 0 spiro atoms. The standard InChI is InChI=1S/C11H11NO.C2H6/c1-8-2-4-9(5-3-8)10-6-7-11(13)12-10;1-2/h2-6H,7H2,1H3,(H,12,13);1-2H3. The zero-order chi connectivity index (χ0) is 11.3. The minimum absolute atomic E-state index is 0.0792.